The maximum absolute atomic E-state index is 4.59. The largest absolute Gasteiger partial charge is 0.365 e. The Morgan fingerprint density at radius 1 is 0.964 bits per heavy atom. The lowest BCUT2D eigenvalue weighted by Crippen LogP contribution is -2.47. The van der Waals surface area contributed by atoms with Crippen molar-refractivity contribution in [1.29, 1.82) is 0 Å². The highest BCUT2D eigenvalue weighted by Gasteiger charge is 2.23. The van der Waals surface area contributed by atoms with Crippen LogP contribution in [-0.4, -0.2) is 60.1 Å². The molecular formula is C17H19IN9P. The molecule has 1 atom stereocenters. The van der Waals surface area contributed by atoms with Gasteiger partial charge in [0, 0.05) is 56.7 Å². The van der Waals surface area contributed by atoms with E-state index in [-0.39, 0.29) is 0 Å². The standard InChI is InChI=1S/C17H19IN9P/c1-23-10-14(8-20-23)13-2-3-15-16(9-21-26(15)11-13)24-4-6-25(7-5-24)17-22-19-12-27(17)28-18/h2-3,8-12,28H,4-7H2,1H3. The van der Waals surface area contributed by atoms with Gasteiger partial charge in [-0.15, -0.1) is 10.2 Å². The summed E-state index contributed by atoms with van der Waals surface area (Å²) >= 11 is 2.36. The molecule has 144 valence electrons. The van der Waals surface area contributed by atoms with Gasteiger partial charge in [-0.1, -0.05) is 6.07 Å². The van der Waals surface area contributed by atoms with Crippen LogP contribution in [0.15, 0.2) is 43.2 Å². The number of fused-ring (bicyclic) bond motifs is 1. The summed E-state index contributed by atoms with van der Waals surface area (Å²) in [6.07, 6.45) is 10.3. The minimum absolute atomic E-state index is 0.612. The molecule has 5 rings (SSSR count). The van der Waals surface area contributed by atoms with Gasteiger partial charge in [-0.3, -0.25) is 9.02 Å². The van der Waals surface area contributed by atoms with Crippen molar-refractivity contribution in [3.63, 3.8) is 0 Å². The molecule has 4 aromatic rings. The molecule has 0 radical (unpaired) electrons. The van der Waals surface area contributed by atoms with Crippen molar-refractivity contribution in [3.05, 3.63) is 43.2 Å². The highest BCUT2D eigenvalue weighted by molar-refractivity contribution is 14.2. The molecule has 0 amide bonds. The second-order valence-corrected chi connectivity index (χ2v) is 8.84. The van der Waals surface area contributed by atoms with Crippen molar-refractivity contribution in [2.45, 2.75) is 0 Å². The van der Waals surface area contributed by atoms with Gasteiger partial charge in [0.1, 0.15) is 6.33 Å². The fourth-order valence-corrected chi connectivity index (χ4v) is 4.98. The third kappa shape index (κ3) is 3.14. The molecule has 0 aliphatic carbocycles. The maximum atomic E-state index is 4.59. The second kappa shape index (κ2) is 7.32. The second-order valence-electron chi connectivity index (χ2n) is 6.74. The number of anilines is 2. The van der Waals surface area contributed by atoms with Crippen molar-refractivity contribution in [3.8, 4) is 11.1 Å². The number of aryl methyl sites for hydroxylation is 1. The average molecular weight is 507 g/mol. The molecule has 0 bridgehead atoms. The molecule has 1 fully saturated rings. The van der Waals surface area contributed by atoms with Gasteiger partial charge >= 0.3 is 0 Å². The van der Waals surface area contributed by atoms with Gasteiger partial charge in [-0.05, 0) is 28.1 Å². The molecule has 0 N–H and O–H groups in total. The summed E-state index contributed by atoms with van der Waals surface area (Å²) in [4.78, 5) is 4.71. The van der Waals surface area contributed by atoms with Crippen LogP contribution in [0.2, 0.25) is 0 Å². The zero-order valence-corrected chi connectivity index (χ0v) is 18.4. The van der Waals surface area contributed by atoms with Gasteiger partial charge in [-0.2, -0.15) is 10.2 Å². The molecule has 4 aromatic heterocycles. The fraction of sp³-hybridized carbons (Fsp3) is 0.294. The van der Waals surface area contributed by atoms with Crippen LogP contribution in [0.1, 0.15) is 0 Å². The first-order chi connectivity index (χ1) is 13.7. The Morgan fingerprint density at radius 3 is 2.54 bits per heavy atom. The Kier molecular flexibility index (Phi) is 4.67. The summed E-state index contributed by atoms with van der Waals surface area (Å²) in [6, 6.07) is 4.28. The Bertz CT molecular complexity index is 1110. The first kappa shape index (κ1) is 17.9. The monoisotopic (exact) mass is 507 g/mol. The molecule has 28 heavy (non-hydrogen) atoms. The van der Waals surface area contributed by atoms with E-state index in [2.05, 4.69) is 74.9 Å². The summed E-state index contributed by atoms with van der Waals surface area (Å²) in [7, 11) is 1.93. The predicted molar refractivity (Wildman–Crippen MR) is 120 cm³/mol. The number of pyridine rings is 1. The summed E-state index contributed by atoms with van der Waals surface area (Å²) in [5.41, 5.74) is 4.50. The number of hydrogen-bond donors (Lipinski definition) is 0. The number of rotatable bonds is 4. The van der Waals surface area contributed by atoms with E-state index in [0.29, 0.717) is 6.37 Å². The first-order valence-electron chi connectivity index (χ1n) is 8.96. The minimum Gasteiger partial charge on any atom is -0.365 e. The Balaban J connectivity index is 1.36. The molecule has 1 unspecified atom stereocenters. The quantitative estimate of drug-likeness (QED) is 0.312. The van der Waals surface area contributed by atoms with Gasteiger partial charge in [0.15, 0.2) is 0 Å². The third-order valence-corrected chi connectivity index (χ3v) is 7.11. The van der Waals surface area contributed by atoms with E-state index >= 15 is 0 Å². The van der Waals surface area contributed by atoms with Crippen LogP contribution in [0.25, 0.3) is 16.6 Å². The van der Waals surface area contributed by atoms with Gasteiger partial charge in [0.2, 0.25) is 5.95 Å². The van der Waals surface area contributed by atoms with Crippen LogP contribution in [0.4, 0.5) is 11.6 Å². The maximum Gasteiger partial charge on any atom is 0.230 e. The van der Waals surface area contributed by atoms with Gasteiger partial charge < -0.3 is 9.80 Å². The lowest BCUT2D eigenvalue weighted by atomic mass is 10.1. The van der Waals surface area contributed by atoms with Gasteiger partial charge in [0.05, 0.1) is 30.0 Å². The van der Waals surface area contributed by atoms with Crippen LogP contribution in [0, 0.1) is 0 Å². The van der Waals surface area contributed by atoms with Crippen LogP contribution >= 0.6 is 28.4 Å². The van der Waals surface area contributed by atoms with Crippen LogP contribution in [0.5, 0.6) is 0 Å². The predicted octanol–water partition coefficient (Wildman–Crippen LogP) is 2.44. The zero-order valence-electron chi connectivity index (χ0n) is 15.3. The van der Waals surface area contributed by atoms with Crippen LogP contribution in [-0.2, 0) is 7.05 Å². The number of aromatic nitrogens is 7. The summed E-state index contributed by atoms with van der Waals surface area (Å²) in [5.74, 6) is 0.966. The molecule has 9 nitrogen and oxygen atoms in total. The minimum atomic E-state index is 0.612. The van der Waals surface area contributed by atoms with E-state index in [9.17, 15) is 0 Å². The van der Waals surface area contributed by atoms with E-state index in [1.807, 2.05) is 34.8 Å². The van der Waals surface area contributed by atoms with Crippen molar-refractivity contribution in [2.24, 2.45) is 7.05 Å². The molecule has 0 aromatic carbocycles. The smallest absolute Gasteiger partial charge is 0.230 e. The molecule has 1 aliphatic rings. The first-order valence-corrected chi connectivity index (χ1v) is 13.0. The number of halogens is 1. The lowest BCUT2D eigenvalue weighted by Gasteiger charge is -2.35. The number of hydrogen-bond acceptors (Lipinski definition) is 6. The van der Waals surface area contributed by atoms with Crippen LogP contribution in [0.3, 0.4) is 0 Å². The molecule has 11 heteroatoms. The van der Waals surface area contributed by atoms with E-state index in [1.54, 1.807) is 6.33 Å². The van der Waals surface area contributed by atoms with E-state index in [4.69, 9.17) is 0 Å². The molecule has 0 saturated carbocycles. The summed E-state index contributed by atoms with van der Waals surface area (Å²) in [5, 5.41) is 17.2. The topological polar surface area (TPSA) is 72.3 Å². The SMILES string of the molecule is Cn1cc(-c2ccc3c(N4CCN(c5nncn5PI)CC4)cnn3c2)cn1. The van der Waals surface area contributed by atoms with E-state index in [0.717, 1.165) is 48.8 Å². The van der Waals surface area contributed by atoms with Crippen molar-refractivity contribution >= 4 is 45.6 Å². The molecule has 5 heterocycles. The Hall–Kier alpha value is -2.20. The Labute approximate surface area is 176 Å². The third-order valence-electron chi connectivity index (χ3n) is 5.06. The highest BCUT2D eigenvalue weighted by Crippen LogP contribution is 2.30. The lowest BCUT2D eigenvalue weighted by molar-refractivity contribution is 0.640. The fourth-order valence-electron chi connectivity index (χ4n) is 3.61. The normalized spacial score (nSPS) is 15.4. The van der Waals surface area contributed by atoms with E-state index < -0.39 is 0 Å². The van der Waals surface area contributed by atoms with Gasteiger partial charge in [-0.25, -0.2) is 4.52 Å². The molecular weight excluding hydrogens is 488 g/mol. The van der Waals surface area contributed by atoms with E-state index in [1.165, 1.54) is 5.69 Å². The van der Waals surface area contributed by atoms with Crippen molar-refractivity contribution < 1.29 is 0 Å². The Morgan fingerprint density at radius 2 is 1.79 bits per heavy atom. The van der Waals surface area contributed by atoms with Crippen LogP contribution < -0.4 is 9.80 Å². The highest BCUT2D eigenvalue weighted by atomic mass is 127. The number of piperazine rings is 1. The molecule has 0 spiro atoms. The van der Waals surface area contributed by atoms with Gasteiger partial charge in [0.25, 0.3) is 0 Å². The van der Waals surface area contributed by atoms with Crippen molar-refractivity contribution in [1.82, 2.24) is 33.9 Å². The zero-order chi connectivity index (χ0) is 19.1. The summed E-state index contributed by atoms with van der Waals surface area (Å²) < 4.78 is 5.87. The molecule has 1 saturated heterocycles. The molecule has 1 aliphatic heterocycles. The summed E-state index contributed by atoms with van der Waals surface area (Å²) in [6.45, 7) is 3.71. The van der Waals surface area contributed by atoms with Crippen molar-refractivity contribution in [2.75, 3.05) is 36.0 Å². The average Bonchev–Trinajstić information content (AvgIpc) is 3.46. The number of nitrogens with zero attached hydrogens (tertiary/aromatic N) is 9.